The molecule has 2 aromatic carbocycles. The summed E-state index contributed by atoms with van der Waals surface area (Å²) in [6.45, 7) is 2.18. The number of nitrogens with one attached hydrogen (secondary N) is 1. The maximum Gasteiger partial charge on any atom is 0.229 e. The molecule has 1 aliphatic heterocycles. The maximum atomic E-state index is 13.6. The van der Waals surface area contributed by atoms with Gasteiger partial charge >= 0.3 is 0 Å². The molecule has 0 spiro atoms. The van der Waals surface area contributed by atoms with E-state index in [1.54, 1.807) is 4.90 Å². The molecule has 1 saturated heterocycles. The van der Waals surface area contributed by atoms with Crippen molar-refractivity contribution in [1.82, 2.24) is 0 Å². The van der Waals surface area contributed by atoms with Crippen LogP contribution >= 0.6 is 0 Å². The number of benzene rings is 2. The first-order valence-electron chi connectivity index (χ1n) is 7.57. The molecule has 0 unspecified atom stereocenters. The van der Waals surface area contributed by atoms with Crippen LogP contribution < -0.4 is 10.2 Å². The van der Waals surface area contributed by atoms with Crippen molar-refractivity contribution in [2.45, 2.75) is 13.3 Å². The van der Waals surface area contributed by atoms with Gasteiger partial charge in [0.25, 0.3) is 0 Å². The molecule has 6 heteroatoms. The second-order valence-electron chi connectivity index (χ2n) is 5.85. The zero-order chi connectivity index (χ0) is 17.3. The highest BCUT2D eigenvalue weighted by atomic mass is 19.1. The summed E-state index contributed by atoms with van der Waals surface area (Å²) in [5, 5.41) is 2.42. The molecule has 2 aromatic rings. The van der Waals surface area contributed by atoms with Crippen LogP contribution in [0.2, 0.25) is 0 Å². The standard InChI is InChI=1S/C18H16F2N2O2/c1-11-2-5-14(6-3-11)22-10-12(8-17(22)23)18(24)21-16-7-4-13(19)9-15(16)20/h2-7,9,12H,8,10H2,1H3,(H,21,24)/t12-/m0/s1. The van der Waals surface area contributed by atoms with E-state index in [0.717, 1.165) is 23.4 Å². The van der Waals surface area contributed by atoms with E-state index in [9.17, 15) is 18.4 Å². The lowest BCUT2D eigenvalue weighted by Crippen LogP contribution is -2.28. The van der Waals surface area contributed by atoms with Gasteiger partial charge in [-0.2, -0.15) is 0 Å². The Morgan fingerprint density at radius 2 is 1.88 bits per heavy atom. The molecular weight excluding hydrogens is 314 g/mol. The number of anilines is 2. The Labute approximate surface area is 138 Å². The van der Waals surface area contributed by atoms with Gasteiger partial charge in [-0.25, -0.2) is 8.78 Å². The highest BCUT2D eigenvalue weighted by molar-refractivity contribution is 6.03. The van der Waals surface area contributed by atoms with E-state index < -0.39 is 23.5 Å². The average Bonchev–Trinajstić information content (AvgIpc) is 2.93. The molecule has 1 atom stereocenters. The molecule has 4 nitrogen and oxygen atoms in total. The third-order valence-electron chi connectivity index (χ3n) is 4.03. The van der Waals surface area contributed by atoms with E-state index in [1.807, 2.05) is 31.2 Å². The van der Waals surface area contributed by atoms with Crippen LogP contribution in [0.15, 0.2) is 42.5 Å². The molecule has 1 fully saturated rings. The van der Waals surface area contributed by atoms with Gasteiger partial charge in [-0.3, -0.25) is 9.59 Å². The number of hydrogen-bond donors (Lipinski definition) is 1. The minimum absolute atomic E-state index is 0.0581. The monoisotopic (exact) mass is 330 g/mol. The van der Waals surface area contributed by atoms with Gasteiger partial charge in [-0.15, -0.1) is 0 Å². The van der Waals surface area contributed by atoms with Gasteiger partial charge < -0.3 is 10.2 Å². The van der Waals surface area contributed by atoms with Crippen LogP contribution in [-0.2, 0) is 9.59 Å². The molecule has 0 aliphatic carbocycles. The van der Waals surface area contributed by atoms with Crippen molar-refractivity contribution >= 4 is 23.2 Å². The van der Waals surface area contributed by atoms with Crippen LogP contribution in [0.3, 0.4) is 0 Å². The van der Waals surface area contributed by atoms with Crippen molar-refractivity contribution in [2.75, 3.05) is 16.8 Å². The smallest absolute Gasteiger partial charge is 0.229 e. The summed E-state index contributed by atoms with van der Waals surface area (Å²) in [5.74, 6) is -2.75. The van der Waals surface area contributed by atoms with Gasteiger partial charge in [-0.05, 0) is 31.2 Å². The average molecular weight is 330 g/mol. The molecule has 0 radical (unpaired) electrons. The summed E-state index contributed by atoms with van der Waals surface area (Å²) in [4.78, 5) is 26.0. The second kappa shape index (κ2) is 6.39. The van der Waals surface area contributed by atoms with E-state index in [4.69, 9.17) is 0 Å². The van der Waals surface area contributed by atoms with Crippen LogP contribution in [0.1, 0.15) is 12.0 Å². The van der Waals surface area contributed by atoms with E-state index in [2.05, 4.69) is 5.32 Å². The Morgan fingerprint density at radius 3 is 2.54 bits per heavy atom. The summed E-state index contributed by atoms with van der Waals surface area (Å²) in [5.41, 5.74) is 1.71. The molecule has 0 saturated carbocycles. The molecule has 1 N–H and O–H groups in total. The predicted octanol–water partition coefficient (Wildman–Crippen LogP) is 3.26. The first kappa shape index (κ1) is 16.1. The number of halogens is 2. The van der Waals surface area contributed by atoms with Crippen LogP contribution in [0, 0.1) is 24.5 Å². The Hall–Kier alpha value is -2.76. The van der Waals surface area contributed by atoms with Gasteiger partial charge in [0.05, 0.1) is 11.6 Å². The Kier molecular flexibility index (Phi) is 4.29. The number of amides is 2. The van der Waals surface area contributed by atoms with E-state index in [-0.39, 0.29) is 24.6 Å². The summed E-state index contributed by atoms with van der Waals surface area (Å²) in [6, 6.07) is 10.4. The normalized spacial score (nSPS) is 17.2. The van der Waals surface area contributed by atoms with Gasteiger partial charge in [0.2, 0.25) is 11.8 Å². The summed E-state index contributed by atoms with van der Waals surface area (Å²) < 4.78 is 26.5. The van der Waals surface area contributed by atoms with Crippen molar-refractivity contribution in [2.24, 2.45) is 5.92 Å². The first-order chi connectivity index (χ1) is 11.4. The lowest BCUT2D eigenvalue weighted by atomic mass is 10.1. The fourth-order valence-electron chi connectivity index (χ4n) is 2.68. The van der Waals surface area contributed by atoms with Crippen molar-refractivity contribution in [3.63, 3.8) is 0 Å². The molecule has 3 rings (SSSR count). The van der Waals surface area contributed by atoms with Gasteiger partial charge in [0.15, 0.2) is 0 Å². The third-order valence-corrected chi connectivity index (χ3v) is 4.03. The van der Waals surface area contributed by atoms with Crippen molar-refractivity contribution in [3.05, 3.63) is 59.7 Å². The van der Waals surface area contributed by atoms with E-state index in [1.165, 1.54) is 0 Å². The molecule has 2 amide bonds. The number of carbonyl (C=O) groups is 2. The van der Waals surface area contributed by atoms with Gasteiger partial charge in [0, 0.05) is 24.7 Å². The highest BCUT2D eigenvalue weighted by Gasteiger charge is 2.35. The predicted molar refractivity (Wildman–Crippen MR) is 86.6 cm³/mol. The Bertz CT molecular complexity index is 790. The van der Waals surface area contributed by atoms with Crippen molar-refractivity contribution < 1.29 is 18.4 Å². The number of rotatable bonds is 3. The van der Waals surface area contributed by atoms with Crippen LogP contribution in [0.4, 0.5) is 20.2 Å². The molecule has 124 valence electrons. The molecule has 0 bridgehead atoms. The minimum atomic E-state index is -0.844. The Balaban J connectivity index is 1.70. The van der Waals surface area contributed by atoms with Crippen molar-refractivity contribution in [1.29, 1.82) is 0 Å². The molecule has 24 heavy (non-hydrogen) atoms. The minimum Gasteiger partial charge on any atom is -0.323 e. The van der Waals surface area contributed by atoms with Gasteiger partial charge in [0.1, 0.15) is 11.6 Å². The van der Waals surface area contributed by atoms with E-state index in [0.29, 0.717) is 6.07 Å². The zero-order valence-electron chi connectivity index (χ0n) is 13.1. The number of hydrogen-bond acceptors (Lipinski definition) is 2. The van der Waals surface area contributed by atoms with Gasteiger partial charge in [-0.1, -0.05) is 17.7 Å². The topological polar surface area (TPSA) is 49.4 Å². The summed E-state index contributed by atoms with van der Waals surface area (Å²) in [7, 11) is 0. The van der Waals surface area contributed by atoms with E-state index >= 15 is 0 Å². The highest BCUT2D eigenvalue weighted by Crippen LogP contribution is 2.26. The lowest BCUT2D eigenvalue weighted by molar-refractivity contribution is -0.122. The third kappa shape index (κ3) is 3.27. The van der Waals surface area contributed by atoms with Crippen LogP contribution in [0.5, 0.6) is 0 Å². The second-order valence-corrected chi connectivity index (χ2v) is 5.85. The number of carbonyl (C=O) groups excluding carboxylic acids is 2. The van der Waals surface area contributed by atoms with Crippen LogP contribution in [-0.4, -0.2) is 18.4 Å². The number of aryl methyl sites for hydroxylation is 1. The fraction of sp³-hybridized carbons (Fsp3) is 0.222. The number of nitrogens with zero attached hydrogens (tertiary/aromatic N) is 1. The molecule has 1 aliphatic rings. The fourth-order valence-corrected chi connectivity index (χ4v) is 2.68. The lowest BCUT2D eigenvalue weighted by Gasteiger charge is -2.17. The zero-order valence-corrected chi connectivity index (χ0v) is 13.1. The molecule has 0 aromatic heterocycles. The Morgan fingerprint density at radius 1 is 1.17 bits per heavy atom. The van der Waals surface area contributed by atoms with Crippen molar-refractivity contribution in [3.8, 4) is 0 Å². The largest absolute Gasteiger partial charge is 0.323 e. The SMILES string of the molecule is Cc1ccc(N2C[C@@H](C(=O)Nc3ccc(F)cc3F)CC2=O)cc1. The summed E-state index contributed by atoms with van der Waals surface area (Å²) in [6.07, 6.45) is 0.0581. The van der Waals surface area contributed by atoms with Crippen LogP contribution in [0.25, 0.3) is 0 Å². The first-order valence-corrected chi connectivity index (χ1v) is 7.57. The quantitative estimate of drug-likeness (QED) is 0.939. The molecular formula is C18H16F2N2O2. The summed E-state index contributed by atoms with van der Waals surface area (Å²) >= 11 is 0. The molecule has 1 heterocycles. The maximum absolute atomic E-state index is 13.6.